The zero-order chi connectivity index (χ0) is 13.1. The number of nitrogens with one attached hydrogen (secondary N) is 1. The first kappa shape index (κ1) is 13.6. The fourth-order valence-electron chi connectivity index (χ4n) is 1.70. The number of halogens is 3. The summed E-state index contributed by atoms with van der Waals surface area (Å²) >= 11 is 6.91. The normalized spacial score (nSPS) is 12.2. The van der Waals surface area contributed by atoms with Crippen molar-refractivity contribution in [1.82, 2.24) is 0 Å². The van der Waals surface area contributed by atoms with E-state index in [1.807, 2.05) is 31.2 Å². The smallest absolute Gasteiger partial charge is 0.123 e. The first-order chi connectivity index (χ1) is 8.56. The molecule has 0 aliphatic heterocycles. The molecule has 0 radical (unpaired) electrons. The number of hydrogen-bond acceptors (Lipinski definition) is 1. The maximum absolute atomic E-state index is 13.2. The Morgan fingerprint density at radius 3 is 2.56 bits per heavy atom. The molecular formula is C14H12Br2FN. The molecule has 1 unspecified atom stereocenters. The van der Waals surface area contributed by atoms with Crippen LogP contribution in [-0.4, -0.2) is 0 Å². The Morgan fingerprint density at radius 2 is 1.89 bits per heavy atom. The average molecular weight is 373 g/mol. The Labute approximate surface area is 123 Å². The van der Waals surface area contributed by atoms with Crippen LogP contribution in [0.2, 0.25) is 0 Å². The van der Waals surface area contributed by atoms with Gasteiger partial charge in [-0.3, -0.25) is 0 Å². The van der Waals surface area contributed by atoms with Crippen molar-refractivity contribution in [2.24, 2.45) is 0 Å². The lowest BCUT2D eigenvalue weighted by Crippen LogP contribution is -2.07. The molecule has 0 aromatic heterocycles. The minimum absolute atomic E-state index is 0.0400. The zero-order valence-electron chi connectivity index (χ0n) is 9.75. The molecule has 0 spiro atoms. The van der Waals surface area contributed by atoms with Crippen molar-refractivity contribution in [3.63, 3.8) is 0 Å². The number of hydrogen-bond donors (Lipinski definition) is 1. The van der Waals surface area contributed by atoms with Crippen molar-refractivity contribution < 1.29 is 4.39 Å². The third-order valence-electron chi connectivity index (χ3n) is 2.65. The highest BCUT2D eigenvalue weighted by molar-refractivity contribution is 9.11. The second-order valence-corrected chi connectivity index (χ2v) is 5.82. The van der Waals surface area contributed by atoms with Gasteiger partial charge in [-0.1, -0.05) is 28.1 Å². The molecule has 0 aliphatic carbocycles. The Morgan fingerprint density at radius 1 is 1.11 bits per heavy atom. The molecule has 1 atom stereocenters. The molecule has 1 N–H and O–H groups in total. The molecule has 94 valence electrons. The van der Waals surface area contributed by atoms with Crippen molar-refractivity contribution in [2.75, 3.05) is 5.32 Å². The van der Waals surface area contributed by atoms with Crippen molar-refractivity contribution in [3.05, 3.63) is 62.8 Å². The summed E-state index contributed by atoms with van der Waals surface area (Å²) in [5, 5.41) is 3.35. The summed E-state index contributed by atoms with van der Waals surface area (Å²) < 4.78 is 15.1. The molecule has 2 rings (SSSR count). The van der Waals surface area contributed by atoms with Gasteiger partial charge < -0.3 is 5.32 Å². The highest BCUT2D eigenvalue weighted by atomic mass is 79.9. The second-order valence-electron chi connectivity index (χ2n) is 4.05. The quantitative estimate of drug-likeness (QED) is 0.747. The first-order valence-corrected chi connectivity index (χ1v) is 7.12. The first-order valence-electron chi connectivity index (χ1n) is 5.53. The van der Waals surface area contributed by atoms with Gasteiger partial charge in [-0.15, -0.1) is 0 Å². The van der Waals surface area contributed by atoms with Gasteiger partial charge in [0.2, 0.25) is 0 Å². The van der Waals surface area contributed by atoms with Gasteiger partial charge in [-0.05, 0) is 58.7 Å². The van der Waals surface area contributed by atoms with E-state index in [4.69, 9.17) is 0 Å². The maximum Gasteiger partial charge on any atom is 0.123 e. The van der Waals surface area contributed by atoms with E-state index in [2.05, 4.69) is 37.2 Å². The predicted molar refractivity (Wildman–Crippen MR) is 80.3 cm³/mol. The van der Waals surface area contributed by atoms with Gasteiger partial charge in [0.25, 0.3) is 0 Å². The third-order valence-corrected chi connectivity index (χ3v) is 3.80. The molecule has 0 bridgehead atoms. The van der Waals surface area contributed by atoms with E-state index in [0.717, 1.165) is 20.2 Å². The molecular weight excluding hydrogens is 361 g/mol. The fourth-order valence-corrected chi connectivity index (χ4v) is 2.86. The van der Waals surface area contributed by atoms with Crippen LogP contribution in [0.25, 0.3) is 0 Å². The summed E-state index contributed by atoms with van der Waals surface area (Å²) in [6.07, 6.45) is 0. The molecule has 0 amide bonds. The molecule has 2 aromatic rings. The van der Waals surface area contributed by atoms with E-state index in [9.17, 15) is 4.39 Å². The predicted octanol–water partition coefficient (Wildman–Crippen LogP) is 5.52. The monoisotopic (exact) mass is 371 g/mol. The number of benzene rings is 2. The van der Waals surface area contributed by atoms with Crippen LogP contribution in [0.4, 0.5) is 10.1 Å². The van der Waals surface area contributed by atoms with E-state index in [-0.39, 0.29) is 11.9 Å². The van der Waals surface area contributed by atoms with Crippen LogP contribution in [0.5, 0.6) is 0 Å². The van der Waals surface area contributed by atoms with Gasteiger partial charge in [-0.2, -0.15) is 0 Å². The molecule has 0 saturated carbocycles. The lowest BCUT2D eigenvalue weighted by molar-refractivity contribution is 0.623. The summed E-state index contributed by atoms with van der Waals surface area (Å²) in [5.41, 5.74) is 1.90. The van der Waals surface area contributed by atoms with Crippen LogP contribution in [-0.2, 0) is 0 Å². The molecule has 0 heterocycles. The minimum Gasteiger partial charge on any atom is -0.378 e. The zero-order valence-corrected chi connectivity index (χ0v) is 12.9. The van der Waals surface area contributed by atoms with Crippen LogP contribution in [0.1, 0.15) is 18.5 Å². The second kappa shape index (κ2) is 5.85. The van der Waals surface area contributed by atoms with E-state index in [1.54, 1.807) is 12.1 Å². The van der Waals surface area contributed by atoms with Gasteiger partial charge in [0, 0.05) is 20.7 Å². The molecule has 0 fully saturated rings. The fraction of sp³-hybridized carbons (Fsp3) is 0.143. The highest BCUT2D eigenvalue weighted by Gasteiger charge is 2.08. The summed E-state index contributed by atoms with van der Waals surface area (Å²) in [5.74, 6) is -0.212. The van der Waals surface area contributed by atoms with Crippen molar-refractivity contribution in [2.45, 2.75) is 13.0 Å². The Bertz CT molecular complexity index is 557. The van der Waals surface area contributed by atoms with Crippen LogP contribution in [0.3, 0.4) is 0 Å². The van der Waals surface area contributed by atoms with E-state index < -0.39 is 0 Å². The Balaban J connectivity index is 2.18. The van der Waals surface area contributed by atoms with E-state index >= 15 is 0 Å². The van der Waals surface area contributed by atoms with Gasteiger partial charge in [0.05, 0.1) is 0 Å². The topological polar surface area (TPSA) is 12.0 Å². The third kappa shape index (κ3) is 3.33. The summed E-state index contributed by atoms with van der Waals surface area (Å²) in [4.78, 5) is 0. The Kier molecular flexibility index (Phi) is 4.40. The van der Waals surface area contributed by atoms with Crippen molar-refractivity contribution in [3.8, 4) is 0 Å². The highest BCUT2D eigenvalue weighted by Crippen LogP contribution is 2.29. The average Bonchev–Trinajstić information content (AvgIpc) is 2.32. The molecule has 0 saturated heterocycles. The number of rotatable bonds is 3. The largest absolute Gasteiger partial charge is 0.378 e. The van der Waals surface area contributed by atoms with Crippen LogP contribution < -0.4 is 5.32 Å². The summed E-state index contributed by atoms with van der Waals surface area (Å²) in [7, 11) is 0. The molecule has 1 nitrogen and oxygen atoms in total. The molecule has 4 heteroatoms. The molecule has 0 aliphatic rings. The van der Waals surface area contributed by atoms with Gasteiger partial charge in [0.15, 0.2) is 0 Å². The van der Waals surface area contributed by atoms with Gasteiger partial charge >= 0.3 is 0 Å². The molecule has 2 aromatic carbocycles. The Hall–Kier alpha value is -0.870. The van der Waals surface area contributed by atoms with Crippen molar-refractivity contribution in [1.29, 1.82) is 0 Å². The number of anilines is 1. The lowest BCUT2D eigenvalue weighted by Gasteiger charge is -2.17. The SMILES string of the molecule is CC(Nc1ccc(Br)cc1Br)c1cccc(F)c1. The van der Waals surface area contributed by atoms with Gasteiger partial charge in [0.1, 0.15) is 5.82 Å². The van der Waals surface area contributed by atoms with E-state index in [1.165, 1.54) is 6.07 Å². The summed E-state index contributed by atoms with van der Waals surface area (Å²) in [6.45, 7) is 2.00. The van der Waals surface area contributed by atoms with Crippen LogP contribution >= 0.6 is 31.9 Å². The minimum atomic E-state index is -0.212. The summed E-state index contributed by atoms with van der Waals surface area (Å²) in [6, 6.07) is 12.6. The van der Waals surface area contributed by atoms with Crippen LogP contribution in [0, 0.1) is 5.82 Å². The molecule has 18 heavy (non-hydrogen) atoms. The van der Waals surface area contributed by atoms with E-state index in [0.29, 0.717) is 0 Å². The lowest BCUT2D eigenvalue weighted by atomic mass is 10.1. The standard InChI is InChI=1S/C14H12Br2FN/c1-9(10-3-2-4-12(17)7-10)18-14-6-5-11(15)8-13(14)16/h2-9,18H,1H3. The van der Waals surface area contributed by atoms with Crippen molar-refractivity contribution >= 4 is 37.5 Å². The maximum atomic E-state index is 13.2. The van der Waals surface area contributed by atoms with Crippen LogP contribution in [0.15, 0.2) is 51.4 Å². The van der Waals surface area contributed by atoms with Gasteiger partial charge in [-0.25, -0.2) is 4.39 Å².